The second-order valence-electron chi connectivity index (χ2n) is 6.74. The Hall–Kier alpha value is 0.130. The zero-order chi connectivity index (χ0) is 18.6. The fourth-order valence-corrected chi connectivity index (χ4v) is 5.43. The molecule has 0 saturated carbocycles. The van der Waals surface area contributed by atoms with Gasteiger partial charge in [0.25, 0.3) is 0 Å². The van der Waals surface area contributed by atoms with Crippen LogP contribution in [0.2, 0.25) is 10.2 Å². The van der Waals surface area contributed by atoms with Gasteiger partial charge in [0.2, 0.25) is 0 Å². The van der Waals surface area contributed by atoms with Crippen LogP contribution in [0.25, 0.3) is 0 Å². The summed E-state index contributed by atoms with van der Waals surface area (Å²) < 4.78 is 7.41. The molecule has 1 aromatic heterocycles. The molecule has 1 atom stereocenters. The summed E-state index contributed by atoms with van der Waals surface area (Å²) in [5.41, 5.74) is 1.20. The summed E-state index contributed by atoms with van der Waals surface area (Å²) in [4.78, 5) is 6.96. The summed E-state index contributed by atoms with van der Waals surface area (Å²) in [6.45, 7) is 5.17. The van der Waals surface area contributed by atoms with Crippen LogP contribution < -0.4 is 10.6 Å². The topological polar surface area (TPSA) is 53.8 Å². The highest BCUT2D eigenvalue weighted by molar-refractivity contribution is 14.0. The monoisotopic (exact) mass is 547 g/mol. The van der Waals surface area contributed by atoms with Crippen molar-refractivity contribution in [3.05, 3.63) is 21.9 Å². The molecule has 2 saturated heterocycles. The Labute approximate surface area is 192 Å². The first-order valence-electron chi connectivity index (χ1n) is 8.90. The molecule has 2 aliphatic heterocycles. The van der Waals surface area contributed by atoms with Gasteiger partial charge in [-0.15, -0.1) is 24.0 Å². The third-order valence-electron chi connectivity index (χ3n) is 5.23. The summed E-state index contributed by atoms with van der Waals surface area (Å²) in [5.74, 6) is 3.16. The van der Waals surface area contributed by atoms with E-state index >= 15 is 0 Å². The molecule has 2 N–H and O–H groups in total. The molecule has 1 aromatic rings. The summed E-state index contributed by atoms with van der Waals surface area (Å²) in [6.07, 6.45) is 1.20. The Bertz CT molecular complexity index is 646. The molecule has 0 amide bonds. The average Bonchev–Trinajstić information content (AvgIpc) is 3.24. The minimum Gasteiger partial charge on any atom is -0.379 e. The summed E-state index contributed by atoms with van der Waals surface area (Å²) >= 11 is 14.3. The normalized spacial score (nSPS) is 23.9. The maximum Gasteiger partial charge on any atom is 0.191 e. The third kappa shape index (κ3) is 5.60. The van der Waals surface area contributed by atoms with Gasteiger partial charge in [0, 0.05) is 50.7 Å². The molecule has 1 unspecified atom stereocenters. The van der Waals surface area contributed by atoms with Gasteiger partial charge >= 0.3 is 0 Å². The van der Waals surface area contributed by atoms with Crippen LogP contribution in [0.15, 0.2) is 11.1 Å². The SMILES string of the molecule is CN=C(NCc1cc(Cl)c(Cl)n1C)NCC1(N2CCOCC2)CCSC1.I. The number of thioether (sulfide) groups is 1. The van der Waals surface area contributed by atoms with Crippen LogP contribution in [0, 0.1) is 0 Å². The van der Waals surface area contributed by atoms with Crippen LogP contribution in [0.5, 0.6) is 0 Å². The van der Waals surface area contributed by atoms with Crippen molar-refractivity contribution in [3.8, 4) is 0 Å². The molecule has 0 radical (unpaired) electrons. The molecule has 2 fully saturated rings. The number of rotatable bonds is 5. The summed E-state index contributed by atoms with van der Waals surface area (Å²) in [6, 6.07) is 1.88. The van der Waals surface area contributed by atoms with Crippen LogP contribution >= 0.6 is 58.9 Å². The molecule has 0 bridgehead atoms. The first kappa shape index (κ1) is 23.4. The number of nitrogens with one attached hydrogen (secondary N) is 2. The van der Waals surface area contributed by atoms with Crippen molar-refractivity contribution in [2.75, 3.05) is 51.4 Å². The Morgan fingerprint density at radius 2 is 2.07 bits per heavy atom. The van der Waals surface area contributed by atoms with Crippen LogP contribution in [0.1, 0.15) is 12.1 Å². The van der Waals surface area contributed by atoms with Crippen molar-refractivity contribution in [3.63, 3.8) is 0 Å². The number of ether oxygens (including phenoxy) is 1. The second kappa shape index (κ2) is 10.8. The first-order valence-corrected chi connectivity index (χ1v) is 10.8. The number of guanidine groups is 1. The zero-order valence-corrected chi connectivity index (χ0v) is 20.4. The van der Waals surface area contributed by atoms with E-state index in [0.29, 0.717) is 16.7 Å². The van der Waals surface area contributed by atoms with E-state index < -0.39 is 0 Å². The number of hydrogen-bond acceptors (Lipinski definition) is 4. The van der Waals surface area contributed by atoms with Gasteiger partial charge in [0.15, 0.2) is 5.96 Å². The van der Waals surface area contributed by atoms with Crippen molar-refractivity contribution in [1.29, 1.82) is 0 Å². The lowest BCUT2D eigenvalue weighted by molar-refractivity contribution is -0.0120. The highest BCUT2D eigenvalue weighted by atomic mass is 127. The Morgan fingerprint density at radius 3 is 2.63 bits per heavy atom. The van der Waals surface area contributed by atoms with Crippen molar-refractivity contribution >= 4 is 64.9 Å². The van der Waals surface area contributed by atoms with Gasteiger partial charge in [-0.3, -0.25) is 9.89 Å². The molecule has 0 aromatic carbocycles. The molecule has 3 heterocycles. The Balaban J connectivity index is 0.00000261. The minimum atomic E-state index is 0. The van der Waals surface area contributed by atoms with Crippen LogP contribution in [-0.4, -0.2) is 72.4 Å². The quantitative estimate of drug-likeness (QED) is 0.337. The van der Waals surface area contributed by atoms with E-state index in [2.05, 4.69) is 20.5 Å². The van der Waals surface area contributed by atoms with E-state index in [1.807, 2.05) is 29.4 Å². The molecule has 3 rings (SSSR count). The highest BCUT2D eigenvalue weighted by Gasteiger charge is 2.40. The fraction of sp³-hybridized carbons (Fsp3) is 0.706. The maximum absolute atomic E-state index is 6.14. The lowest BCUT2D eigenvalue weighted by Gasteiger charge is -2.43. The number of aromatic nitrogens is 1. The minimum absolute atomic E-state index is 0. The largest absolute Gasteiger partial charge is 0.379 e. The third-order valence-corrected chi connectivity index (χ3v) is 7.30. The highest BCUT2D eigenvalue weighted by Crippen LogP contribution is 2.33. The van der Waals surface area contributed by atoms with Crippen molar-refractivity contribution < 1.29 is 4.74 Å². The van der Waals surface area contributed by atoms with Gasteiger partial charge in [-0.25, -0.2) is 0 Å². The number of nitrogens with zero attached hydrogens (tertiary/aromatic N) is 3. The second-order valence-corrected chi connectivity index (χ2v) is 8.61. The van der Waals surface area contributed by atoms with Gasteiger partial charge in [-0.05, 0) is 18.2 Å². The van der Waals surface area contributed by atoms with Crippen LogP contribution in [-0.2, 0) is 18.3 Å². The van der Waals surface area contributed by atoms with Gasteiger partial charge in [0.05, 0.1) is 24.8 Å². The molecular formula is C17H28Cl2IN5OS. The lowest BCUT2D eigenvalue weighted by Crippen LogP contribution is -2.60. The van der Waals surface area contributed by atoms with E-state index in [0.717, 1.165) is 50.3 Å². The van der Waals surface area contributed by atoms with E-state index in [9.17, 15) is 0 Å². The average molecular weight is 548 g/mol. The van der Waals surface area contributed by atoms with E-state index in [1.165, 1.54) is 12.2 Å². The molecule has 0 spiro atoms. The van der Waals surface area contributed by atoms with E-state index in [-0.39, 0.29) is 29.5 Å². The molecule has 0 aliphatic carbocycles. The number of morpholine rings is 1. The lowest BCUT2D eigenvalue weighted by atomic mass is 9.95. The van der Waals surface area contributed by atoms with Crippen molar-refractivity contribution in [1.82, 2.24) is 20.1 Å². The molecule has 2 aliphatic rings. The maximum atomic E-state index is 6.14. The van der Waals surface area contributed by atoms with Gasteiger partial charge < -0.3 is 19.9 Å². The molecule has 27 heavy (non-hydrogen) atoms. The Kier molecular flexibility index (Phi) is 9.34. The number of halogens is 3. The number of aliphatic imine (C=N–C) groups is 1. The van der Waals surface area contributed by atoms with E-state index in [4.69, 9.17) is 27.9 Å². The fourth-order valence-electron chi connectivity index (χ4n) is 3.54. The smallest absolute Gasteiger partial charge is 0.191 e. The van der Waals surface area contributed by atoms with Gasteiger partial charge in [0.1, 0.15) is 5.15 Å². The molecule has 154 valence electrons. The summed E-state index contributed by atoms with van der Waals surface area (Å²) in [7, 11) is 3.70. The van der Waals surface area contributed by atoms with E-state index in [1.54, 1.807) is 7.05 Å². The van der Waals surface area contributed by atoms with Crippen molar-refractivity contribution in [2.24, 2.45) is 12.0 Å². The van der Waals surface area contributed by atoms with Gasteiger partial charge in [-0.2, -0.15) is 11.8 Å². The molecule has 10 heteroatoms. The molecular weight excluding hydrogens is 520 g/mol. The zero-order valence-electron chi connectivity index (χ0n) is 15.8. The predicted octanol–water partition coefficient (Wildman–Crippen LogP) is 2.82. The van der Waals surface area contributed by atoms with Crippen LogP contribution in [0.3, 0.4) is 0 Å². The first-order chi connectivity index (χ1) is 12.6. The standard InChI is InChI=1S/C17H27Cl2N5OS.HI/c1-20-16(21-10-13-9-14(18)15(19)23(13)2)22-11-17(3-8-26-12-17)24-4-6-25-7-5-24;/h9H,3-8,10-12H2,1-2H3,(H2,20,21,22);1H. The Morgan fingerprint density at radius 1 is 1.33 bits per heavy atom. The van der Waals surface area contributed by atoms with Crippen molar-refractivity contribution in [2.45, 2.75) is 18.5 Å². The van der Waals surface area contributed by atoms with Crippen LogP contribution in [0.4, 0.5) is 0 Å². The number of hydrogen-bond donors (Lipinski definition) is 2. The summed E-state index contributed by atoms with van der Waals surface area (Å²) in [5, 5.41) is 8.02. The molecule has 6 nitrogen and oxygen atoms in total. The predicted molar refractivity (Wildman–Crippen MR) is 126 cm³/mol. The van der Waals surface area contributed by atoms with Gasteiger partial charge in [-0.1, -0.05) is 23.2 Å².